The molecule has 3 nitrogen and oxygen atoms in total. The molecule has 0 aliphatic carbocycles. The van der Waals surface area contributed by atoms with Crippen molar-refractivity contribution in [3.05, 3.63) is 0 Å². The molecule has 0 radical (unpaired) electrons. The Morgan fingerprint density at radius 2 is 1.76 bits per heavy atom. The SMILES string of the molecule is CCNC(C(CC)CC)C1CN(C)CCN1C. The van der Waals surface area contributed by atoms with Gasteiger partial charge in [0.15, 0.2) is 0 Å². The van der Waals surface area contributed by atoms with Crippen molar-refractivity contribution < 1.29 is 0 Å². The second-order valence-electron chi connectivity index (χ2n) is 5.47. The van der Waals surface area contributed by atoms with Gasteiger partial charge in [0.25, 0.3) is 0 Å². The molecule has 1 saturated heterocycles. The van der Waals surface area contributed by atoms with Gasteiger partial charge in [0.2, 0.25) is 0 Å². The Hall–Kier alpha value is -0.120. The summed E-state index contributed by atoms with van der Waals surface area (Å²) in [6.45, 7) is 11.6. The number of likely N-dealkylation sites (N-methyl/N-ethyl adjacent to an activating group) is 3. The van der Waals surface area contributed by atoms with Gasteiger partial charge in [-0.25, -0.2) is 0 Å². The second-order valence-corrected chi connectivity index (χ2v) is 5.47. The first kappa shape index (κ1) is 14.9. The summed E-state index contributed by atoms with van der Waals surface area (Å²) < 4.78 is 0. The Morgan fingerprint density at radius 1 is 1.12 bits per heavy atom. The summed E-state index contributed by atoms with van der Waals surface area (Å²) >= 11 is 0. The van der Waals surface area contributed by atoms with E-state index < -0.39 is 0 Å². The van der Waals surface area contributed by atoms with Gasteiger partial charge in [-0.1, -0.05) is 33.6 Å². The number of rotatable bonds is 6. The minimum atomic E-state index is 0.641. The minimum absolute atomic E-state index is 0.641. The smallest absolute Gasteiger partial charge is 0.0376 e. The van der Waals surface area contributed by atoms with Gasteiger partial charge in [0.05, 0.1) is 0 Å². The average Bonchev–Trinajstić information content (AvgIpc) is 2.33. The van der Waals surface area contributed by atoms with Gasteiger partial charge in [-0.05, 0) is 26.6 Å². The molecule has 0 aromatic rings. The summed E-state index contributed by atoms with van der Waals surface area (Å²) in [6.07, 6.45) is 2.56. The van der Waals surface area contributed by atoms with Crippen LogP contribution in [0.25, 0.3) is 0 Å². The van der Waals surface area contributed by atoms with E-state index in [0.717, 1.165) is 12.5 Å². The first-order valence-electron chi connectivity index (χ1n) is 7.26. The number of hydrogen-bond acceptors (Lipinski definition) is 3. The fraction of sp³-hybridized carbons (Fsp3) is 1.00. The van der Waals surface area contributed by atoms with E-state index in [1.165, 1.54) is 32.5 Å². The van der Waals surface area contributed by atoms with Crippen LogP contribution in [0.3, 0.4) is 0 Å². The van der Waals surface area contributed by atoms with Crippen LogP contribution < -0.4 is 5.32 Å². The third kappa shape index (κ3) is 3.94. The highest BCUT2D eigenvalue weighted by atomic mass is 15.3. The van der Waals surface area contributed by atoms with Crippen LogP contribution in [0.2, 0.25) is 0 Å². The van der Waals surface area contributed by atoms with Gasteiger partial charge >= 0.3 is 0 Å². The largest absolute Gasteiger partial charge is 0.312 e. The molecule has 3 heteroatoms. The summed E-state index contributed by atoms with van der Waals surface area (Å²) in [4.78, 5) is 5.02. The van der Waals surface area contributed by atoms with Gasteiger partial charge in [-0.3, -0.25) is 4.90 Å². The molecular formula is C14H31N3. The van der Waals surface area contributed by atoms with E-state index >= 15 is 0 Å². The first-order valence-corrected chi connectivity index (χ1v) is 7.26. The van der Waals surface area contributed by atoms with Crippen molar-refractivity contribution in [3.8, 4) is 0 Å². The number of hydrogen-bond donors (Lipinski definition) is 1. The van der Waals surface area contributed by atoms with Crippen LogP contribution in [0.5, 0.6) is 0 Å². The van der Waals surface area contributed by atoms with Gasteiger partial charge in [0.1, 0.15) is 0 Å². The van der Waals surface area contributed by atoms with E-state index in [1.54, 1.807) is 0 Å². The maximum absolute atomic E-state index is 3.74. The fourth-order valence-corrected chi connectivity index (χ4v) is 3.08. The van der Waals surface area contributed by atoms with Crippen LogP contribution in [-0.2, 0) is 0 Å². The lowest BCUT2D eigenvalue weighted by Crippen LogP contribution is -2.60. The van der Waals surface area contributed by atoms with Crippen molar-refractivity contribution in [2.45, 2.75) is 45.7 Å². The Balaban J connectivity index is 2.72. The lowest BCUT2D eigenvalue weighted by Gasteiger charge is -2.44. The van der Waals surface area contributed by atoms with E-state index in [9.17, 15) is 0 Å². The van der Waals surface area contributed by atoms with Crippen LogP contribution in [0.15, 0.2) is 0 Å². The van der Waals surface area contributed by atoms with Gasteiger partial charge < -0.3 is 10.2 Å². The molecule has 0 amide bonds. The summed E-state index contributed by atoms with van der Waals surface area (Å²) in [5.41, 5.74) is 0. The van der Waals surface area contributed by atoms with Gasteiger partial charge in [0, 0.05) is 31.7 Å². The van der Waals surface area contributed by atoms with Crippen molar-refractivity contribution in [3.63, 3.8) is 0 Å². The molecule has 102 valence electrons. The summed E-state index contributed by atoms with van der Waals surface area (Å²) in [5, 5.41) is 3.74. The summed E-state index contributed by atoms with van der Waals surface area (Å²) in [7, 11) is 4.53. The molecule has 1 rings (SSSR count). The molecule has 17 heavy (non-hydrogen) atoms. The molecule has 1 aliphatic heterocycles. The quantitative estimate of drug-likeness (QED) is 0.763. The molecule has 2 atom stereocenters. The Labute approximate surface area is 108 Å². The number of nitrogens with zero attached hydrogens (tertiary/aromatic N) is 2. The molecule has 0 bridgehead atoms. The highest BCUT2D eigenvalue weighted by molar-refractivity contribution is 4.91. The zero-order valence-electron chi connectivity index (χ0n) is 12.4. The van der Waals surface area contributed by atoms with E-state index in [-0.39, 0.29) is 0 Å². The maximum Gasteiger partial charge on any atom is 0.0376 e. The van der Waals surface area contributed by atoms with Crippen LogP contribution in [0, 0.1) is 5.92 Å². The summed E-state index contributed by atoms with van der Waals surface area (Å²) in [5.74, 6) is 0.800. The van der Waals surface area contributed by atoms with Gasteiger partial charge in [-0.2, -0.15) is 0 Å². The van der Waals surface area contributed by atoms with Crippen molar-refractivity contribution in [1.29, 1.82) is 0 Å². The molecule has 0 spiro atoms. The molecule has 0 aromatic heterocycles. The zero-order chi connectivity index (χ0) is 12.8. The molecule has 0 saturated carbocycles. The average molecular weight is 241 g/mol. The first-order chi connectivity index (χ1) is 8.13. The lowest BCUT2D eigenvalue weighted by molar-refractivity contribution is 0.0684. The predicted molar refractivity (Wildman–Crippen MR) is 75.5 cm³/mol. The zero-order valence-corrected chi connectivity index (χ0v) is 12.4. The van der Waals surface area contributed by atoms with Crippen LogP contribution in [0.4, 0.5) is 0 Å². The lowest BCUT2D eigenvalue weighted by atomic mass is 9.87. The molecule has 2 unspecified atom stereocenters. The van der Waals surface area contributed by atoms with Crippen LogP contribution in [0.1, 0.15) is 33.6 Å². The van der Waals surface area contributed by atoms with E-state index in [2.05, 4.69) is 50.0 Å². The Bertz CT molecular complexity index is 204. The van der Waals surface area contributed by atoms with Crippen molar-refractivity contribution in [1.82, 2.24) is 15.1 Å². The molecule has 1 heterocycles. The van der Waals surface area contributed by atoms with Crippen molar-refractivity contribution in [2.75, 3.05) is 40.3 Å². The fourth-order valence-electron chi connectivity index (χ4n) is 3.08. The normalized spacial score (nSPS) is 25.4. The number of nitrogens with one attached hydrogen (secondary N) is 1. The van der Waals surface area contributed by atoms with Crippen molar-refractivity contribution in [2.24, 2.45) is 5.92 Å². The molecule has 0 aromatic carbocycles. The topological polar surface area (TPSA) is 18.5 Å². The number of piperazine rings is 1. The third-order valence-corrected chi connectivity index (χ3v) is 4.31. The minimum Gasteiger partial charge on any atom is -0.312 e. The highest BCUT2D eigenvalue weighted by Gasteiger charge is 2.32. The molecule has 1 aliphatic rings. The second kappa shape index (κ2) is 7.34. The predicted octanol–water partition coefficient (Wildman–Crippen LogP) is 1.65. The Morgan fingerprint density at radius 3 is 2.29 bits per heavy atom. The van der Waals surface area contributed by atoms with Crippen LogP contribution in [-0.4, -0.2) is 62.2 Å². The highest BCUT2D eigenvalue weighted by Crippen LogP contribution is 2.21. The van der Waals surface area contributed by atoms with Crippen molar-refractivity contribution >= 4 is 0 Å². The van der Waals surface area contributed by atoms with E-state index in [4.69, 9.17) is 0 Å². The standard InChI is InChI=1S/C14H31N3/c1-6-12(7-2)14(15-8-3)13-11-16(4)9-10-17(13)5/h12-15H,6-11H2,1-5H3. The summed E-state index contributed by atoms with van der Waals surface area (Å²) in [6, 6.07) is 1.31. The van der Waals surface area contributed by atoms with E-state index in [0.29, 0.717) is 12.1 Å². The van der Waals surface area contributed by atoms with Gasteiger partial charge in [-0.15, -0.1) is 0 Å². The monoisotopic (exact) mass is 241 g/mol. The van der Waals surface area contributed by atoms with E-state index in [1.807, 2.05) is 0 Å². The molecular weight excluding hydrogens is 210 g/mol. The van der Waals surface area contributed by atoms with Crippen LogP contribution >= 0.6 is 0 Å². The Kier molecular flexibility index (Phi) is 6.45. The molecule has 1 N–H and O–H groups in total. The molecule has 1 fully saturated rings. The third-order valence-electron chi connectivity index (χ3n) is 4.31. The maximum atomic E-state index is 3.74.